The van der Waals surface area contributed by atoms with Crippen molar-refractivity contribution in [3.05, 3.63) is 172 Å². The van der Waals surface area contributed by atoms with Gasteiger partial charge in [-0.25, -0.2) is 4.98 Å². The monoisotopic (exact) mass is 636 g/mol. The first kappa shape index (κ1) is 28.9. The number of piperazine rings is 1. The number of aromatic nitrogens is 2. The first-order chi connectivity index (χ1) is 22.9. The Morgan fingerprint density at radius 2 is 1.28 bits per heavy atom. The summed E-state index contributed by atoms with van der Waals surface area (Å²) in [6.07, 6.45) is 3.81. The Labute approximate surface area is 274 Å². The fourth-order valence-electron chi connectivity index (χ4n) is 7.10. The van der Waals surface area contributed by atoms with E-state index < -0.39 is 34.7 Å². The number of rotatable bonds is 6. The number of imidazole rings is 1. The van der Waals surface area contributed by atoms with Crippen LogP contribution in [-0.2, 0) is 21.5 Å². The number of benzene rings is 4. The largest absolute Gasteiger partial charge is 0.342 e. The second-order valence-electron chi connectivity index (χ2n) is 11.9. The van der Waals surface area contributed by atoms with Crippen LogP contribution in [0.3, 0.4) is 0 Å². The molecule has 1 aliphatic carbocycles. The highest BCUT2D eigenvalue weighted by atomic mass is 32.2. The van der Waals surface area contributed by atoms with Gasteiger partial charge in [-0.3, -0.25) is 19.2 Å². The van der Waals surface area contributed by atoms with Gasteiger partial charge in [-0.05, 0) is 16.7 Å². The topological polar surface area (TPSA) is 110 Å². The Morgan fingerprint density at radius 1 is 0.745 bits per heavy atom. The van der Waals surface area contributed by atoms with Crippen LogP contribution in [0.25, 0.3) is 0 Å². The van der Waals surface area contributed by atoms with Gasteiger partial charge in [0.2, 0.25) is 11.7 Å². The van der Waals surface area contributed by atoms with Crippen LogP contribution in [0.15, 0.2) is 138 Å². The number of allylic oxidation sites excluding steroid dienone is 1. The summed E-state index contributed by atoms with van der Waals surface area (Å²) in [5, 5.41) is 5.74. The van der Waals surface area contributed by atoms with Gasteiger partial charge in [0.05, 0.1) is 22.5 Å². The predicted molar refractivity (Wildman–Crippen MR) is 178 cm³/mol. The molecule has 0 saturated carbocycles. The average Bonchev–Trinajstić information content (AvgIpc) is 3.74. The number of nitrogens with one attached hydrogen (secondary N) is 2. The fourth-order valence-corrected chi connectivity index (χ4v) is 8.46. The summed E-state index contributed by atoms with van der Waals surface area (Å²) < 4.78 is 2.06. The lowest BCUT2D eigenvalue weighted by molar-refractivity contribution is -0.139. The van der Waals surface area contributed by atoms with E-state index >= 15 is 0 Å². The number of hydrogen-bond acceptors (Lipinski definition) is 6. The quantitative estimate of drug-likeness (QED) is 0.262. The van der Waals surface area contributed by atoms with Crippen molar-refractivity contribution < 1.29 is 19.2 Å². The van der Waals surface area contributed by atoms with E-state index in [1.54, 1.807) is 30.6 Å². The fraction of sp³-hybridized carbons (Fsp3) is 0.132. The third kappa shape index (κ3) is 4.34. The molecule has 3 aliphatic rings. The Hall–Kier alpha value is -5.54. The lowest BCUT2D eigenvalue weighted by atomic mass is 9.76. The number of Topliss-reactive ketones (excluding diaryl/α,β-unsaturated/α-hetero) is 2. The van der Waals surface area contributed by atoms with Crippen LogP contribution in [0.1, 0.15) is 43.1 Å². The predicted octanol–water partition coefficient (Wildman–Crippen LogP) is 4.70. The van der Waals surface area contributed by atoms with Crippen LogP contribution in [0.4, 0.5) is 0 Å². The smallest absolute Gasteiger partial charge is 0.252 e. The second kappa shape index (κ2) is 11.1. The third-order valence-corrected chi connectivity index (χ3v) is 10.5. The van der Waals surface area contributed by atoms with Gasteiger partial charge in [0.25, 0.3) is 5.91 Å². The molecule has 1 fully saturated rings. The van der Waals surface area contributed by atoms with Gasteiger partial charge in [-0.1, -0.05) is 115 Å². The number of carbonyl (C=O) groups excluding carboxylic acids is 4. The summed E-state index contributed by atoms with van der Waals surface area (Å²) in [4.78, 5) is 59.4. The summed E-state index contributed by atoms with van der Waals surface area (Å²) in [6, 6.07) is 36.2. The number of ketones is 2. The zero-order valence-electron chi connectivity index (χ0n) is 25.1. The lowest BCUT2D eigenvalue weighted by Crippen LogP contribution is -2.71. The van der Waals surface area contributed by atoms with Crippen LogP contribution in [-0.4, -0.2) is 50.3 Å². The van der Waals surface area contributed by atoms with Gasteiger partial charge in [0.1, 0.15) is 11.6 Å². The van der Waals surface area contributed by atoms with Crippen LogP contribution in [0.2, 0.25) is 0 Å². The van der Waals surface area contributed by atoms with Crippen LogP contribution in [0, 0.1) is 0 Å². The van der Waals surface area contributed by atoms with Gasteiger partial charge in [-0.2, -0.15) is 0 Å². The Bertz CT molecular complexity index is 2010. The summed E-state index contributed by atoms with van der Waals surface area (Å²) >= 11 is 1.14. The Balaban J connectivity index is 1.13. The first-order valence-corrected chi connectivity index (χ1v) is 16.3. The maximum Gasteiger partial charge on any atom is 0.252 e. The Morgan fingerprint density at radius 3 is 1.85 bits per heavy atom. The third-order valence-electron chi connectivity index (χ3n) is 9.29. The van der Waals surface area contributed by atoms with Crippen molar-refractivity contribution in [1.82, 2.24) is 20.2 Å². The number of amides is 2. The molecule has 1 aromatic heterocycles. The van der Waals surface area contributed by atoms with E-state index in [1.165, 1.54) is 0 Å². The molecule has 5 aromatic rings. The van der Waals surface area contributed by atoms with Crippen molar-refractivity contribution in [2.24, 2.45) is 0 Å². The van der Waals surface area contributed by atoms with E-state index in [-0.39, 0.29) is 34.0 Å². The van der Waals surface area contributed by atoms with Crippen molar-refractivity contribution in [3.63, 3.8) is 0 Å². The minimum atomic E-state index is -1.61. The molecular weight excluding hydrogens is 609 g/mol. The summed E-state index contributed by atoms with van der Waals surface area (Å²) in [7, 11) is 0. The number of carbonyl (C=O) groups is 4. The van der Waals surface area contributed by atoms with Crippen LogP contribution in [0.5, 0.6) is 0 Å². The molecule has 1 saturated heterocycles. The molecule has 3 heterocycles. The van der Waals surface area contributed by atoms with Crippen LogP contribution >= 0.6 is 11.8 Å². The molecule has 230 valence electrons. The van der Waals surface area contributed by atoms with Crippen molar-refractivity contribution in [2.45, 2.75) is 23.5 Å². The average molecular weight is 637 g/mol. The molecule has 0 bridgehead atoms. The van der Waals surface area contributed by atoms with E-state index in [9.17, 15) is 19.2 Å². The van der Waals surface area contributed by atoms with Gasteiger partial charge in [0.15, 0.2) is 11.3 Å². The summed E-state index contributed by atoms with van der Waals surface area (Å²) in [5.41, 5.74) is 1.92. The van der Waals surface area contributed by atoms with Gasteiger partial charge >= 0.3 is 0 Å². The molecule has 47 heavy (non-hydrogen) atoms. The zero-order chi connectivity index (χ0) is 32.2. The van der Waals surface area contributed by atoms with Crippen molar-refractivity contribution in [1.29, 1.82) is 0 Å². The Kier molecular flexibility index (Phi) is 6.80. The first-order valence-electron chi connectivity index (χ1n) is 15.3. The highest BCUT2D eigenvalue weighted by Crippen LogP contribution is 2.46. The molecule has 2 amide bonds. The molecule has 0 unspecified atom stereocenters. The highest BCUT2D eigenvalue weighted by Gasteiger charge is 2.58. The number of fused-ring (bicyclic) bond motifs is 2. The molecular formula is C38H28N4O4S. The molecule has 1 spiro atoms. The van der Waals surface area contributed by atoms with Crippen LogP contribution < -0.4 is 10.6 Å². The SMILES string of the molecule is O=C1C2=C(C(=O)c3ccccc31)[C@@]1(CS2)NC(=O)[C@H](Cc2cn(C(c3ccccc3)(c3ccccc3)c3ccccc3)cn2)NC1=O. The van der Waals surface area contributed by atoms with E-state index in [1.807, 2.05) is 60.8 Å². The maximum absolute atomic E-state index is 13.8. The van der Waals surface area contributed by atoms with Crippen molar-refractivity contribution >= 4 is 35.1 Å². The summed E-state index contributed by atoms with van der Waals surface area (Å²) in [6.45, 7) is 0. The minimum absolute atomic E-state index is 0.0538. The van der Waals surface area contributed by atoms with Gasteiger partial charge < -0.3 is 15.2 Å². The molecule has 4 aromatic carbocycles. The molecule has 0 radical (unpaired) electrons. The molecule has 8 rings (SSSR count). The van der Waals surface area contributed by atoms with E-state index in [2.05, 4.69) is 51.6 Å². The molecule has 2 atom stereocenters. The molecule has 9 heteroatoms. The van der Waals surface area contributed by atoms with E-state index in [0.717, 1.165) is 28.5 Å². The number of nitrogens with zero attached hydrogens (tertiary/aromatic N) is 2. The van der Waals surface area contributed by atoms with Crippen molar-refractivity contribution in [2.75, 3.05) is 5.75 Å². The summed E-state index contributed by atoms with van der Waals surface area (Å²) in [5.74, 6) is -1.59. The molecule has 2 N–H and O–H groups in total. The van der Waals surface area contributed by atoms with Gasteiger partial charge in [-0.15, -0.1) is 11.8 Å². The minimum Gasteiger partial charge on any atom is -0.342 e. The zero-order valence-corrected chi connectivity index (χ0v) is 25.9. The van der Waals surface area contributed by atoms with Crippen molar-refractivity contribution in [3.8, 4) is 0 Å². The molecule has 2 aliphatic heterocycles. The standard InChI is InChI=1S/C38H28N4O4S/c43-32-28-18-10-11-19-29(28)33(44)34-31(32)37(22-47-34)36(46)40-30(35(45)41-37)20-27-21-42(23-39-27)38(24-12-4-1-5-13-24,25-14-6-2-7-15-25)26-16-8-3-9-17-26/h1-19,21,23,30H,20,22H2,(H,40,46)(H,41,45)/t30-,37+/m0/s1. The highest BCUT2D eigenvalue weighted by molar-refractivity contribution is 8.04. The lowest BCUT2D eigenvalue weighted by Gasteiger charge is -2.38. The number of hydrogen-bond donors (Lipinski definition) is 2. The maximum atomic E-state index is 13.8. The van der Waals surface area contributed by atoms with E-state index in [0.29, 0.717) is 11.3 Å². The molecule has 8 nitrogen and oxygen atoms in total. The normalized spacial score (nSPS) is 20.6. The second-order valence-corrected chi connectivity index (χ2v) is 12.9. The van der Waals surface area contributed by atoms with Gasteiger partial charge in [0, 0.05) is 29.5 Å². The van der Waals surface area contributed by atoms with E-state index in [4.69, 9.17) is 4.98 Å². The number of thioether (sulfide) groups is 1.